The summed E-state index contributed by atoms with van der Waals surface area (Å²) in [4.78, 5) is 36.2. The molecule has 0 saturated heterocycles. The monoisotopic (exact) mass is 409 g/mol. The fourth-order valence-electron chi connectivity index (χ4n) is 2.38. The highest BCUT2D eigenvalue weighted by Crippen LogP contribution is 2.33. The molecule has 0 aliphatic carbocycles. The van der Waals surface area contributed by atoms with Crippen molar-refractivity contribution in [2.45, 2.75) is 20.4 Å². The molecule has 0 fully saturated rings. The van der Waals surface area contributed by atoms with Crippen LogP contribution in [0.4, 0.5) is 5.00 Å². The standard InChI is InChI=1S/C18H20ClN3O4S/c1-3-26-18(25)14-10(2)15(16(20)24)27-17(14)22-13(23)9-21-8-11-4-6-12(19)7-5-11/h4-7,21H,3,8-9H2,1-2H3,(H2,20,24)(H,22,23). The summed E-state index contributed by atoms with van der Waals surface area (Å²) in [6, 6.07) is 7.25. The van der Waals surface area contributed by atoms with E-state index < -0.39 is 11.9 Å². The third-order valence-corrected chi connectivity index (χ3v) is 5.10. The zero-order chi connectivity index (χ0) is 20.0. The van der Waals surface area contributed by atoms with Crippen molar-refractivity contribution in [1.29, 1.82) is 0 Å². The number of anilines is 1. The van der Waals surface area contributed by atoms with Crippen LogP contribution < -0.4 is 16.4 Å². The number of thiophene rings is 1. The first-order valence-electron chi connectivity index (χ1n) is 8.18. The summed E-state index contributed by atoms with van der Waals surface area (Å²) in [5.41, 5.74) is 6.87. The number of hydrogen-bond donors (Lipinski definition) is 3. The summed E-state index contributed by atoms with van der Waals surface area (Å²) in [5.74, 6) is -1.63. The number of amides is 2. The molecular formula is C18H20ClN3O4S. The Morgan fingerprint density at radius 2 is 1.89 bits per heavy atom. The largest absolute Gasteiger partial charge is 0.462 e. The molecule has 7 nitrogen and oxygen atoms in total. The lowest BCUT2D eigenvalue weighted by Gasteiger charge is -2.08. The van der Waals surface area contributed by atoms with Gasteiger partial charge in [-0.1, -0.05) is 23.7 Å². The van der Waals surface area contributed by atoms with E-state index in [1.165, 1.54) is 0 Å². The van der Waals surface area contributed by atoms with Gasteiger partial charge in [0.15, 0.2) is 0 Å². The lowest BCUT2D eigenvalue weighted by atomic mass is 10.1. The number of nitrogens with one attached hydrogen (secondary N) is 2. The van der Waals surface area contributed by atoms with Gasteiger partial charge in [-0.3, -0.25) is 9.59 Å². The van der Waals surface area contributed by atoms with Gasteiger partial charge in [-0.15, -0.1) is 11.3 Å². The third-order valence-electron chi connectivity index (χ3n) is 3.63. The number of nitrogens with two attached hydrogens (primary N) is 1. The number of hydrogen-bond acceptors (Lipinski definition) is 6. The van der Waals surface area contributed by atoms with E-state index in [0.29, 0.717) is 17.1 Å². The Bertz CT molecular complexity index is 849. The molecule has 9 heteroatoms. The van der Waals surface area contributed by atoms with Gasteiger partial charge in [-0.2, -0.15) is 0 Å². The minimum atomic E-state index is -0.663. The van der Waals surface area contributed by atoms with E-state index >= 15 is 0 Å². The fourth-order valence-corrected chi connectivity index (χ4v) is 3.57. The summed E-state index contributed by atoms with van der Waals surface area (Å²) >= 11 is 6.79. The quantitative estimate of drug-likeness (QED) is 0.580. The average molecular weight is 410 g/mol. The van der Waals surface area contributed by atoms with Crippen molar-refractivity contribution in [1.82, 2.24) is 5.32 Å². The minimum absolute atomic E-state index is 0.0216. The van der Waals surface area contributed by atoms with Crippen molar-refractivity contribution in [3.8, 4) is 0 Å². The predicted octanol–water partition coefficient (Wildman–Crippen LogP) is 2.71. The highest BCUT2D eigenvalue weighted by atomic mass is 35.5. The molecule has 2 amide bonds. The fraction of sp³-hybridized carbons (Fsp3) is 0.278. The first kappa shape index (κ1) is 20.9. The van der Waals surface area contributed by atoms with Crippen LogP contribution in [0.2, 0.25) is 5.02 Å². The maximum Gasteiger partial charge on any atom is 0.341 e. The second-order valence-corrected chi connectivity index (χ2v) is 7.08. The molecule has 2 aromatic rings. The molecule has 0 spiro atoms. The molecule has 0 bridgehead atoms. The molecule has 0 unspecified atom stereocenters. The molecule has 0 radical (unpaired) electrons. The summed E-state index contributed by atoms with van der Waals surface area (Å²) in [7, 11) is 0. The van der Waals surface area contributed by atoms with Crippen molar-refractivity contribution in [2.75, 3.05) is 18.5 Å². The Labute approximate surface area is 165 Å². The molecule has 2 rings (SSSR count). The van der Waals surface area contributed by atoms with Crippen molar-refractivity contribution in [3.05, 3.63) is 50.9 Å². The molecule has 0 aliphatic rings. The van der Waals surface area contributed by atoms with E-state index in [1.807, 2.05) is 12.1 Å². The van der Waals surface area contributed by atoms with Crippen LogP contribution in [0.3, 0.4) is 0 Å². The number of esters is 1. The van der Waals surface area contributed by atoms with Gasteiger partial charge in [-0.25, -0.2) is 4.79 Å². The second kappa shape index (κ2) is 9.50. The Kier molecular flexibility index (Phi) is 7.35. The zero-order valence-electron chi connectivity index (χ0n) is 14.9. The molecular weight excluding hydrogens is 390 g/mol. The van der Waals surface area contributed by atoms with Gasteiger partial charge in [0.2, 0.25) is 5.91 Å². The van der Waals surface area contributed by atoms with E-state index in [4.69, 9.17) is 22.1 Å². The van der Waals surface area contributed by atoms with Crippen molar-refractivity contribution in [3.63, 3.8) is 0 Å². The first-order valence-corrected chi connectivity index (χ1v) is 9.38. The van der Waals surface area contributed by atoms with E-state index in [1.54, 1.807) is 26.0 Å². The number of benzene rings is 1. The van der Waals surface area contributed by atoms with Crippen LogP contribution in [0.15, 0.2) is 24.3 Å². The number of primary amides is 1. The molecule has 0 aliphatic heterocycles. The number of carbonyl (C=O) groups excluding carboxylic acids is 3. The van der Waals surface area contributed by atoms with Gasteiger partial charge in [0.25, 0.3) is 5.91 Å². The van der Waals surface area contributed by atoms with Crippen molar-refractivity contribution >= 4 is 45.7 Å². The lowest BCUT2D eigenvalue weighted by molar-refractivity contribution is -0.115. The van der Waals surface area contributed by atoms with Gasteiger partial charge in [0.05, 0.1) is 23.6 Å². The Morgan fingerprint density at radius 3 is 2.48 bits per heavy atom. The minimum Gasteiger partial charge on any atom is -0.462 e. The molecule has 144 valence electrons. The third kappa shape index (κ3) is 5.53. The maximum atomic E-state index is 12.2. The Balaban J connectivity index is 2.05. The highest BCUT2D eigenvalue weighted by Gasteiger charge is 2.25. The zero-order valence-corrected chi connectivity index (χ0v) is 16.5. The Morgan fingerprint density at radius 1 is 1.22 bits per heavy atom. The van der Waals surface area contributed by atoms with Gasteiger partial charge in [0, 0.05) is 11.6 Å². The first-order chi connectivity index (χ1) is 12.8. The number of carbonyl (C=O) groups is 3. The van der Waals surface area contributed by atoms with Gasteiger partial charge >= 0.3 is 5.97 Å². The van der Waals surface area contributed by atoms with Gasteiger partial charge in [-0.05, 0) is 37.1 Å². The molecule has 1 aromatic heterocycles. The van der Waals surface area contributed by atoms with E-state index in [9.17, 15) is 14.4 Å². The smallest absolute Gasteiger partial charge is 0.341 e. The molecule has 1 heterocycles. The lowest BCUT2D eigenvalue weighted by Crippen LogP contribution is -2.28. The Hall–Kier alpha value is -2.42. The summed E-state index contributed by atoms with van der Waals surface area (Å²) < 4.78 is 5.01. The molecule has 4 N–H and O–H groups in total. The SMILES string of the molecule is CCOC(=O)c1c(NC(=O)CNCc2ccc(Cl)cc2)sc(C(N)=O)c1C. The van der Waals surface area contributed by atoms with Crippen molar-refractivity contribution in [2.24, 2.45) is 5.73 Å². The summed E-state index contributed by atoms with van der Waals surface area (Å²) in [6.45, 7) is 3.94. The normalized spacial score (nSPS) is 10.5. The molecule has 0 atom stereocenters. The van der Waals surface area contributed by atoms with Crippen LogP contribution in [0.5, 0.6) is 0 Å². The second-order valence-electron chi connectivity index (χ2n) is 5.62. The van der Waals surface area contributed by atoms with Crippen LogP contribution in [0.1, 0.15) is 38.1 Å². The summed E-state index contributed by atoms with van der Waals surface area (Å²) in [5, 5.41) is 6.54. The van der Waals surface area contributed by atoms with Crippen LogP contribution in [0, 0.1) is 6.92 Å². The summed E-state index contributed by atoms with van der Waals surface area (Å²) in [6.07, 6.45) is 0. The van der Waals surface area contributed by atoms with Crippen molar-refractivity contribution < 1.29 is 19.1 Å². The topological polar surface area (TPSA) is 111 Å². The van der Waals surface area contributed by atoms with E-state index in [-0.39, 0.29) is 34.5 Å². The average Bonchev–Trinajstić information content (AvgIpc) is 2.93. The predicted molar refractivity (Wildman–Crippen MR) is 105 cm³/mol. The number of rotatable bonds is 8. The van der Waals surface area contributed by atoms with Crippen LogP contribution in [0.25, 0.3) is 0 Å². The van der Waals surface area contributed by atoms with Gasteiger partial charge < -0.3 is 21.1 Å². The van der Waals surface area contributed by atoms with E-state index in [0.717, 1.165) is 16.9 Å². The van der Waals surface area contributed by atoms with Crippen LogP contribution in [-0.2, 0) is 16.1 Å². The van der Waals surface area contributed by atoms with Gasteiger partial charge in [0.1, 0.15) is 5.00 Å². The number of ether oxygens (including phenoxy) is 1. The van der Waals surface area contributed by atoms with E-state index in [2.05, 4.69) is 10.6 Å². The molecule has 1 aromatic carbocycles. The molecule has 0 saturated carbocycles. The highest BCUT2D eigenvalue weighted by molar-refractivity contribution is 7.18. The number of halogens is 1. The van der Waals surface area contributed by atoms with Crippen LogP contribution >= 0.6 is 22.9 Å². The maximum absolute atomic E-state index is 12.2. The van der Waals surface area contributed by atoms with Crippen LogP contribution in [-0.4, -0.2) is 30.9 Å². The molecule has 27 heavy (non-hydrogen) atoms.